The van der Waals surface area contributed by atoms with Crippen LogP contribution < -0.4 is 26.4 Å². The third-order valence-electron chi connectivity index (χ3n) is 6.21. The minimum Gasteiger partial charge on any atom is -0.482 e. The number of nitrogens with two attached hydrogens (primary N) is 1. The van der Waals surface area contributed by atoms with Gasteiger partial charge < -0.3 is 31.4 Å². The third kappa shape index (κ3) is 4.33. The van der Waals surface area contributed by atoms with E-state index in [0.29, 0.717) is 17.0 Å². The molecule has 1 atom stereocenters. The maximum Gasteiger partial charge on any atom is 0.271 e. The van der Waals surface area contributed by atoms with Crippen molar-refractivity contribution in [2.24, 2.45) is 0 Å². The molecule has 0 radical (unpaired) electrons. The lowest BCUT2D eigenvalue weighted by Gasteiger charge is -2.18. The van der Waals surface area contributed by atoms with Gasteiger partial charge in [0.25, 0.3) is 17.7 Å². The zero-order valence-electron chi connectivity index (χ0n) is 18.7. The summed E-state index contributed by atoms with van der Waals surface area (Å²) in [5.74, 6) is -0.718. The number of carbonyl (C=O) groups excluding carboxylic acids is 3. The standard InChI is InChI=1S/C25H24N6O4/c26-21-16(24(33)31-17-7-6-14-3-1-2-4-15(14)17)11-28-23(21)22(27)25(34)29-10-13-5-8-19-18(9-13)30-20(32)12-35-19/h1-5,8-9,11,17,27-28H,6-7,10,12,26H2,(H,29,34)(H,30,32)(H,31,33)/t17-/m1/s1. The SMILES string of the molecule is N=C(C(=O)NCc1ccc2c(c1)NC(=O)CO2)c1[nH]cc(C(=O)N[C@@H]2CCc3ccccc32)c1N. The summed E-state index contributed by atoms with van der Waals surface area (Å²) in [6, 6.07) is 13.0. The maximum atomic E-state index is 12.9. The van der Waals surface area contributed by atoms with Crippen LogP contribution in [0.2, 0.25) is 0 Å². The monoisotopic (exact) mass is 472 g/mol. The second kappa shape index (κ2) is 8.98. The second-order valence-corrected chi connectivity index (χ2v) is 8.48. The summed E-state index contributed by atoms with van der Waals surface area (Å²) in [5.41, 5.74) is 9.61. The number of nitrogens with one attached hydrogen (secondary N) is 5. The first kappa shape index (κ1) is 22.2. The molecule has 10 nitrogen and oxygen atoms in total. The Hall–Kier alpha value is -4.60. The lowest BCUT2D eigenvalue weighted by molar-refractivity contribution is -0.118. The Kier molecular flexibility index (Phi) is 5.69. The summed E-state index contributed by atoms with van der Waals surface area (Å²) >= 11 is 0. The van der Waals surface area contributed by atoms with E-state index < -0.39 is 5.91 Å². The Morgan fingerprint density at radius 2 is 2.03 bits per heavy atom. The van der Waals surface area contributed by atoms with Crippen LogP contribution in [0.1, 0.15) is 45.2 Å². The van der Waals surface area contributed by atoms with E-state index in [9.17, 15) is 14.4 Å². The number of ether oxygens (including phenoxy) is 1. The van der Waals surface area contributed by atoms with Gasteiger partial charge in [0, 0.05) is 12.7 Å². The van der Waals surface area contributed by atoms with Crippen LogP contribution >= 0.6 is 0 Å². The highest BCUT2D eigenvalue weighted by molar-refractivity contribution is 6.44. The summed E-state index contributed by atoms with van der Waals surface area (Å²) < 4.78 is 5.32. The molecule has 5 rings (SSSR count). The number of fused-ring (bicyclic) bond motifs is 2. The molecular formula is C25H24N6O4. The maximum absolute atomic E-state index is 12.9. The van der Waals surface area contributed by atoms with Gasteiger partial charge in [-0.3, -0.25) is 19.8 Å². The highest BCUT2D eigenvalue weighted by Gasteiger charge is 2.27. The summed E-state index contributed by atoms with van der Waals surface area (Å²) in [5, 5.41) is 16.6. The van der Waals surface area contributed by atoms with E-state index in [0.717, 1.165) is 18.4 Å². The highest BCUT2D eigenvalue weighted by atomic mass is 16.5. The molecular weight excluding hydrogens is 448 g/mol. The van der Waals surface area contributed by atoms with Gasteiger partial charge in [0.1, 0.15) is 11.5 Å². The molecule has 2 aromatic carbocycles. The number of hydrogen-bond donors (Lipinski definition) is 6. The number of benzene rings is 2. The van der Waals surface area contributed by atoms with Crippen molar-refractivity contribution < 1.29 is 19.1 Å². The molecule has 1 aliphatic carbocycles. The average Bonchev–Trinajstić information content (AvgIpc) is 3.45. The quantitative estimate of drug-likeness (QED) is 0.302. The molecule has 7 N–H and O–H groups in total. The van der Waals surface area contributed by atoms with Crippen molar-refractivity contribution in [1.29, 1.82) is 5.41 Å². The van der Waals surface area contributed by atoms with Gasteiger partial charge >= 0.3 is 0 Å². The van der Waals surface area contributed by atoms with Crippen molar-refractivity contribution in [3.8, 4) is 5.75 Å². The van der Waals surface area contributed by atoms with E-state index in [-0.39, 0.29) is 53.7 Å². The Balaban J connectivity index is 1.22. The second-order valence-electron chi connectivity index (χ2n) is 8.48. The van der Waals surface area contributed by atoms with Crippen molar-refractivity contribution in [2.45, 2.75) is 25.4 Å². The zero-order chi connectivity index (χ0) is 24.5. The Bertz CT molecular complexity index is 1360. The number of carbonyl (C=O) groups is 3. The highest BCUT2D eigenvalue weighted by Crippen LogP contribution is 2.31. The fourth-order valence-electron chi connectivity index (χ4n) is 4.40. The van der Waals surface area contributed by atoms with E-state index in [4.69, 9.17) is 15.9 Å². The van der Waals surface area contributed by atoms with Gasteiger partial charge in [0.15, 0.2) is 6.61 Å². The minimum absolute atomic E-state index is 0.0359. The van der Waals surface area contributed by atoms with Gasteiger partial charge in [-0.2, -0.15) is 0 Å². The van der Waals surface area contributed by atoms with Crippen LogP contribution in [0.3, 0.4) is 0 Å². The van der Waals surface area contributed by atoms with Gasteiger partial charge in [0.2, 0.25) is 0 Å². The normalized spacial score (nSPS) is 15.9. The van der Waals surface area contributed by atoms with Gasteiger partial charge in [-0.15, -0.1) is 0 Å². The van der Waals surface area contributed by atoms with Crippen LogP contribution in [-0.2, 0) is 22.6 Å². The van der Waals surface area contributed by atoms with E-state index in [1.807, 2.05) is 18.2 Å². The predicted molar refractivity (Wildman–Crippen MR) is 129 cm³/mol. The molecule has 3 aromatic rings. The molecule has 1 aliphatic heterocycles. The summed E-state index contributed by atoms with van der Waals surface area (Å²) in [6.45, 7) is 0.0885. The first-order chi connectivity index (χ1) is 16.9. The number of hydrogen-bond acceptors (Lipinski definition) is 6. The zero-order valence-corrected chi connectivity index (χ0v) is 18.7. The van der Waals surface area contributed by atoms with Crippen LogP contribution in [0.5, 0.6) is 5.75 Å². The third-order valence-corrected chi connectivity index (χ3v) is 6.21. The van der Waals surface area contributed by atoms with Crippen molar-refractivity contribution in [2.75, 3.05) is 17.7 Å². The first-order valence-electron chi connectivity index (χ1n) is 11.2. The largest absolute Gasteiger partial charge is 0.482 e. The fourth-order valence-corrected chi connectivity index (χ4v) is 4.40. The topological polar surface area (TPSA) is 162 Å². The molecule has 0 saturated carbocycles. The molecule has 0 unspecified atom stereocenters. The minimum atomic E-state index is -0.659. The molecule has 0 fully saturated rings. The van der Waals surface area contributed by atoms with Gasteiger partial charge in [-0.25, -0.2) is 0 Å². The molecule has 3 amide bonds. The molecule has 35 heavy (non-hydrogen) atoms. The lowest BCUT2D eigenvalue weighted by Crippen LogP contribution is -2.32. The molecule has 0 bridgehead atoms. The van der Waals surface area contributed by atoms with E-state index in [2.05, 4.69) is 27.0 Å². The van der Waals surface area contributed by atoms with Crippen molar-refractivity contribution in [3.63, 3.8) is 0 Å². The van der Waals surface area contributed by atoms with Crippen molar-refractivity contribution in [1.82, 2.24) is 15.6 Å². The number of aromatic amines is 1. The lowest BCUT2D eigenvalue weighted by atomic mass is 10.1. The molecule has 178 valence electrons. The molecule has 0 spiro atoms. The number of anilines is 2. The van der Waals surface area contributed by atoms with Crippen LogP contribution in [0.15, 0.2) is 48.7 Å². The van der Waals surface area contributed by atoms with Crippen molar-refractivity contribution in [3.05, 3.63) is 76.6 Å². The van der Waals surface area contributed by atoms with Gasteiger partial charge in [0.05, 0.1) is 28.7 Å². The van der Waals surface area contributed by atoms with Crippen molar-refractivity contribution >= 4 is 34.8 Å². The predicted octanol–water partition coefficient (Wildman–Crippen LogP) is 2.03. The summed E-state index contributed by atoms with van der Waals surface area (Å²) in [4.78, 5) is 39.8. The number of aromatic nitrogens is 1. The summed E-state index contributed by atoms with van der Waals surface area (Å²) in [6.07, 6.45) is 3.11. The molecule has 10 heteroatoms. The number of amides is 3. The average molecular weight is 473 g/mol. The summed E-state index contributed by atoms with van der Waals surface area (Å²) in [7, 11) is 0. The van der Waals surface area contributed by atoms with Gasteiger partial charge in [-0.05, 0) is 41.7 Å². The molecule has 2 heterocycles. The Morgan fingerprint density at radius 3 is 2.89 bits per heavy atom. The molecule has 1 aromatic heterocycles. The van der Waals surface area contributed by atoms with Crippen LogP contribution in [0.4, 0.5) is 11.4 Å². The van der Waals surface area contributed by atoms with Crippen LogP contribution in [0, 0.1) is 5.41 Å². The number of rotatable bonds is 6. The Labute approximate surface area is 200 Å². The Morgan fingerprint density at radius 1 is 1.20 bits per heavy atom. The van der Waals surface area contributed by atoms with E-state index in [1.165, 1.54) is 11.8 Å². The first-order valence-corrected chi connectivity index (χ1v) is 11.2. The van der Waals surface area contributed by atoms with E-state index >= 15 is 0 Å². The van der Waals surface area contributed by atoms with Crippen LogP contribution in [0.25, 0.3) is 0 Å². The molecule has 2 aliphatic rings. The van der Waals surface area contributed by atoms with Crippen LogP contribution in [-0.4, -0.2) is 35.0 Å². The molecule has 0 saturated heterocycles. The number of nitrogen functional groups attached to an aromatic ring is 1. The smallest absolute Gasteiger partial charge is 0.271 e. The number of aryl methyl sites for hydroxylation is 1. The van der Waals surface area contributed by atoms with Gasteiger partial charge in [-0.1, -0.05) is 30.3 Å². The number of H-pyrrole nitrogens is 1. The fraction of sp³-hybridized carbons (Fsp3) is 0.200. The van der Waals surface area contributed by atoms with E-state index in [1.54, 1.807) is 18.2 Å².